The minimum atomic E-state index is -1.33. The molecule has 0 bridgehead atoms. The largest absolute Gasteiger partial charge is 0.344 e. The summed E-state index contributed by atoms with van der Waals surface area (Å²) >= 11 is 0. The van der Waals surface area contributed by atoms with Gasteiger partial charge in [-0.15, -0.1) is 12.4 Å². The highest BCUT2D eigenvalue weighted by Crippen LogP contribution is 2.29. The van der Waals surface area contributed by atoms with Gasteiger partial charge >= 0.3 is 6.03 Å². The standard InChI is InChI=1S/C18H25FN4O3.ClH/c1-17(2,10-20)11-22(4)14(24)9-23-15(25)18(3,21-16(23)26)12-5-7-13(19)8-6-12;/h5-8H,9-11,20H2,1-4H3,(H,21,26);1H. The quantitative estimate of drug-likeness (QED) is 0.706. The van der Waals surface area contributed by atoms with Crippen LogP contribution in [0.4, 0.5) is 9.18 Å². The van der Waals surface area contributed by atoms with Crippen LogP contribution in [0.2, 0.25) is 0 Å². The van der Waals surface area contributed by atoms with Crippen LogP contribution in [0.15, 0.2) is 24.3 Å². The molecule has 1 aliphatic heterocycles. The molecule has 1 heterocycles. The Hall–Kier alpha value is -2.19. The van der Waals surface area contributed by atoms with E-state index in [-0.39, 0.29) is 30.3 Å². The van der Waals surface area contributed by atoms with E-state index < -0.39 is 23.3 Å². The van der Waals surface area contributed by atoms with Crippen LogP contribution in [0, 0.1) is 11.2 Å². The van der Waals surface area contributed by atoms with Crippen LogP contribution in [-0.2, 0) is 15.1 Å². The molecule has 27 heavy (non-hydrogen) atoms. The summed E-state index contributed by atoms with van der Waals surface area (Å²) in [5.41, 5.74) is 4.52. The van der Waals surface area contributed by atoms with E-state index in [2.05, 4.69) is 5.32 Å². The van der Waals surface area contributed by atoms with Gasteiger partial charge in [-0.1, -0.05) is 26.0 Å². The van der Waals surface area contributed by atoms with E-state index >= 15 is 0 Å². The van der Waals surface area contributed by atoms with Gasteiger partial charge in [0.15, 0.2) is 0 Å². The summed E-state index contributed by atoms with van der Waals surface area (Å²) in [6.07, 6.45) is 0. The van der Waals surface area contributed by atoms with Gasteiger partial charge in [0.05, 0.1) is 0 Å². The van der Waals surface area contributed by atoms with Crippen LogP contribution in [-0.4, -0.2) is 54.3 Å². The first kappa shape index (κ1) is 22.9. The molecule has 1 aromatic carbocycles. The van der Waals surface area contributed by atoms with E-state index in [1.54, 1.807) is 7.05 Å². The lowest BCUT2D eigenvalue weighted by Gasteiger charge is -2.30. The lowest BCUT2D eigenvalue weighted by atomic mass is 9.92. The number of rotatable bonds is 6. The van der Waals surface area contributed by atoms with Gasteiger partial charge in [-0.3, -0.25) is 14.5 Å². The van der Waals surface area contributed by atoms with Crippen molar-refractivity contribution in [3.05, 3.63) is 35.6 Å². The van der Waals surface area contributed by atoms with E-state index in [9.17, 15) is 18.8 Å². The number of hydrogen-bond donors (Lipinski definition) is 2. The van der Waals surface area contributed by atoms with Crippen molar-refractivity contribution in [1.29, 1.82) is 0 Å². The fourth-order valence-corrected chi connectivity index (χ4v) is 2.87. The minimum absolute atomic E-state index is 0. The smallest absolute Gasteiger partial charge is 0.325 e. The molecule has 150 valence electrons. The summed E-state index contributed by atoms with van der Waals surface area (Å²) in [5.74, 6) is -1.35. The Morgan fingerprint density at radius 1 is 1.30 bits per heavy atom. The number of benzene rings is 1. The van der Waals surface area contributed by atoms with Gasteiger partial charge in [0.1, 0.15) is 17.9 Å². The Labute approximate surface area is 164 Å². The van der Waals surface area contributed by atoms with Crippen LogP contribution in [0.1, 0.15) is 26.3 Å². The second kappa shape index (κ2) is 8.22. The van der Waals surface area contributed by atoms with Crippen LogP contribution < -0.4 is 11.1 Å². The maximum atomic E-state index is 13.1. The fraction of sp³-hybridized carbons (Fsp3) is 0.500. The predicted molar refractivity (Wildman–Crippen MR) is 102 cm³/mol. The van der Waals surface area contributed by atoms with Gasteiger partial charge < -0.3 is 16.0 Å². The van der Waals surface area contributed by atoms with Gasteiger partial charge in [-0.25, -0.2) is 9.18 Å². The zero-order chi connectivity index (χ0) is 19.7. The molecule has 1 unspecified atom stereocenters. The number of halogens is 2. The van der Waals surface area contributed by atoms with Crippen LogP contribution in [0.5, 0.6) is 0 Å². The average Bonchev–Trinajstić information content (AvgIpc) is 2.79. The maximum absolute atomic E-state index is 13.1. The van der Waals surface area contributed by atoms with Gasteiger partial charge in [-0.2, -0.15) is 0 Å². The molecule has 1 saturated heterocycles. The Morgan fingerprint density at radius 2 is 1.85 bits per heavy atom. The molecule has 4 amide bonds. The highest BCUT2D eigenvalue weighted by Gasteiger charge is 2.49. The third-order valence-electron chi connectivity index (χ3n) is 4.63. The molecule has 1 aliphatic rings. The predicted octanol–water partition coefficient (Wildman–Crippen LogP) is 1.46. The van der Waals surface area contributed by atoms with E-state index in [4.69, 9.17) is 5.73 Å². The van der Waals surface area contributed by atoms with Crippen molar-refractivity contribution in [2.75, 3.05) is 26.7 Å². The molecule has 0 radical (unpaired) electrons. The third kappa shape index (κ3) is 4.75. The number of amides is 4. The molecular formula is C18H26ClFN4O3. The SMILES string of the molecule is CN(CC(C)(C)CN)C(=O)CN1C(=O)NC(C)(c2ccc(F)cc2)C1=O.Cl. The number of carbonyl (C=O) groups excluding carboxylic acids is 3. The van der Waals surface area contributed by atoms with E-state index in [0.29, 0.717) is 18.7 Å². The Kier molecular flexibility index (Phi) is 6.96. The van der Waals surface area contributed by atoms with Crippen molar-refractivity contribution in [2.24, 2.45) is 11.1 Å². The highest BCUT2D eigenvalue weighted by atomic mass is 35.5. The first-order valence-corrected chi connectivity index (χ1v) is 8.34. The van der Waals surface area contributed by atoms with Crippen LogP contribution in [0.25, 0.3) is 0 Å². The third-order valence-corrected chi connectivity index (χ3v) is 4.63. The van der Waals surface area contributed by atoms with Gasteiger partial charge in [0, 0.05) is 13.6 Å². The summed E-state index contributed by atoms with van der Waals surface area (Å²) in [6, 6.07) is 4.66. The molecular weight excluding hydrogens is 375 g/mol. The van der Waals surface area contributed by atoms with Gasteiger partial charge in [-0.05, 0) is 36.6 Å². The molecule has 0 aromatic heterocycles. The normalized spacial score (nSPS) is 19.6. The summed E-state index contributed by atoms with van der Waals surface area (Å²) in [5, 5.41) is 2.59. The number of nitrogens with one attached hydrogen (secondary N) is 1. The van der Waals surface area contributed by atoms with Crippen molar-refractivity contribution in [2.45, 2.75) is 26.3 Å². The Balaban J connectivity index is 0.00000364. The topological polar surface area (TPSA) is 95.7 Å². The zero-order valence-electron chi connectivity index (χ0n) is 15.9. The van der Waals surface area contributed by atoms with E-state index in [1.165, 1.54) is 36.1 Å². The summed E-state index contributed by atoms with van der Waals surface area (Å²) in [7, 11) is 1.61. The fourth-order valence-electron chi connectivity index (χ4n) is 2.87. The molecule has 3 N–H and O–H groups in total. The number of imide groups is 1. The Bertz CT molecular complexity index is 726. The molecule has 1 aromatic rings. The number of nitrogens with zero attached hydrogens (tertiary/aromatic N) is 2. The molecule has 2 rings (SSSR count). The molecule has 1 fully saturated rings. The number of hydrogen-bond acceptors (Lipinski definition) is 4. The molecule has 0 saturated carbocycles. The Morgan fingerprint density at radius 3 is 2.37 bits per heavy atom. The van der Waals surface area contributed by atoms with Gasteiger partial charge in [0.2, 0.25) is 5.91 Å². The second-order valence-electron chi connectivity index (χ2n) is 7.57. The van der Waals surface area contributed by atoms with Crippen LogP contribution in [0.3, 0.4) is 0 Å². The van der Waals surface area contributed by atoms with Crippen molar-refractivity contribution in [1.82, 2.24) is 15.1 Å². The highest BCUT2D eigenvalue weighted by molar-refractivity contribution is 6.09. The van der Waals surface area contributed by atoms with Crippen molar-refractivity contribution >= 4 is 30.3 Å². The molecule has 0 spiro atoms. The number of urea groups is 1. The number of carbonyl (C=O) groups is 3. The summed E-state index contributed by atoms with van der Waals surface area (Å²) in [6.45, 7) is 5.83. The number of nitrogens with two attached hydrogens (primary N) is 1. The number of likely N-dealkylation sites (N-methyl/N-ethyl adjacent to an activating group) is 1. The molecule has 1 atom stereocenters. The maximum Gasteiger partial charge on any atom is 0.325 e. The van der Waals surface area contributed by atoms with E-state index in [1.807, 2.05) is 13.8 Å². The van der Waals surface area contributed by atoms with Crippen molar-refractivity contribution < 1.29 is 18.8 Å². The first-order valence-electron chi connectivity index (χ1n) is 8.34. The van der Waals surface area contributed by atoms with E-state index in [0.717, 1.165) is 4.90 Å². The molecule has 9 heteroatoms. The zero-order valence-corrected chi connectivity index (χ0v) is 16.7. The van der Waals surface area contributed by atoms with Crippen molar-refractivity contribution in [3.63, 3.8) is 0 Å². The van der Waals surface area contributed by atoms with Crippen LogP contribution >= 0.6 is 12.4 Å². The second-order valence-corrected chi connectivity index (χ2v) is 7.57. The van der Waals surface area contributed by atoms with Crippen molar-refractivity contribution in [3.8, 4) is 0 Å². The lowest BCUT2D eigenvalue weighted by molar-refractivity contribution is -0.138. The molecule has 7 nitrogen and oxygen atoms in total. The minimum Gasteiger partial charge on any atom is -0.344 e. The van der Waals surface area contributed by atoms with Gasteiger partial charge in [0.25, 0.3) is 5.91 Å². The first-order chi connectivity index (χ1) is 12.0. The summed E-state index contributed by atoms with van der Waals surface area (Å²) in [4.78, 5) is 39.8. The lowest BCUT2D eigenvalue weighted by Crippen LogP contribution is -2.46. The summed E-state index contributed by atoms with van der Waals surface area (Å²) < 4.78 is 13.1. The monoisotopic (exact) mass is 400 g/mol. The average molecular weight is 401 g/mol. The molecule has 0 aliphatic carbocycles.